The van der Waals surface area contributed by atoms with Crippen LogP contribution in [0, 0.1) is 5.82 Å². The average molecular weight is 341 g/mol. The van der Waals surface area contributed by atoms with Crippen LogP contribution in [0.25, 0.3) is 0 Å². The molecule has 2 aromatic rings. The van der Waals surface area contributed by atoms with Crippen molar-refractivity contribution in [3.63, 3.8) is 0 Å². The molecule has 1 heterocycles. The molecule has 2 aromatic carbocycles. The Balaban J connectivity index is 1.66. The summed E-state index contributed by atoms with van der Waals surface area (Å²) in [6.45, 7) is 2.41. The highest BCUT2D eigenvalue weighted by Crippen LogP contribution is 2.24. The Morgan fingerprint density at radius 1 is 1.20 bits per heavy atom. The number of nitrogens with one attached hydrogen (secondary N) is 2. The zero-order valence-corrected chi connectivity index (χ0v) is 14.0. The lowest BCUT2D eigenvalue weighted by Gasteiger charge is -2.19. The molecule has 0 saturated carbocycles. The second kappa shape index (κ2) is 7.34. The summed E-state index contributed by atoms with van der Waals surface area (Å²) in [5.74, 6) is -0.701. The molecule has 0 unspecified atom stereocenters. The molecular formula is C19H20FN3O2. The largest absolute Gasteiger partial charge is 0.374 e. The first kappa shape index (κ1) is 17.0. The van der Waals surface area contributed by atoms with Gasteiger partial charge in [0, 0.05) is 24.3 Å². The highest BCUT2D eigenvalue weighted by Gasteiger charge is 2.22. The molecule has 5 nitrogen and oxygen atoms in total. The van der Waals surface area contributed by atoms with Gasteiger partial charge in [-0.15, -0.1) is 0 Å². The smallest absolute Gasteiger partial charge is 0.246 e. The fourth-order valence-corrected chi connectivity index (χ4v) is 2.80. The van der Waals surface area contributed by atoms with Crippen molar-refractivity contribution in [2.24, 2.45) is 0 Å². The number of anilines is 3. The standard InChI is InChI=1S/C19H20FN3O2/c1-13(19(25)22-17-9-3-2-8-16(17)20)21-14-6-4-7-15(12-14)23-11-5-10-18(23)24/h2-4,6-9,12-13,21H,5,10-11H2,1H3,(H,22,25)/t13-/m0/s1. The van der Waals surface area contributed by atoms with Crippen molar-refractivity contribution >= 4 is 28.9 Å². The number of para-hydroxylation sites is 1. The first-order valence-corrected chi connectivity index (χ1v) is 8.27. The fraction of sp³-hybridized carbons (Fsp3) is 0.263. The zero-order valence-electron chi connectivity index (χ0n) is 14.0. The molecule has 1 saturated heterocycles. The maximum absolute atomic E-state index is 13.6. The van der Waals surface area contributed by atoms with Crippen LogP contribution < -0.4 is 15.5 Å². The van der Waals surface area contributed by atoms with E-state index in [-0.39, 0.29) is 17.5 Å². The highest BCUT2D eigenvalue weighted by molar-refractivity contribution is 5.97. The van der Waals surface area contributed by atoms with Gasteiger partial charge in [-0.2, -0.15) is 0 Å². The summed E-state index contributed by atoms with van der Waals surface area (Å²) in [5, 5.41) is 5.65. The van der Waals surface area contributed by atoms with Crippen LogP contribution in [0.5, 0.6) is 0 Å². The van der Waals surface area contributed by atoms with Crippen LogP contribution >= 0.6 is 0 Å². The number of amides is 2. The number of carbonyl (C=O) groups excluding carboxylic acids is 2. The van der Waals surface area contributed by atoms with Crippen LogP contribution in [0.4, 0.5) is 21.5 Å². The number of hydrogen-bond acceptors (Lipinski definition) is 3. The molecule has 1 atom stereocenters. The minimum atomic E-state index is -0.566. The molecule has 2 N–H and O–H groups in total. The summed E-state index contributed by atoms with van der Waals surface area (Å²) >= 11 is 0. The Hall–Kier alpha value is -2.89. The van der Waals surface area contributed by atoms with Gasteiger partial charge in [0.05, 0.1) is 5.69 Å². The number of carbonyl (C=O) groups is 2. The fourth-order valence-electron chi connectivity index (χ4n) is 2.80. The first-order chi connectivity index (χ1) is 12.0. The Morgan fingerprint density at radius 3 is 2.72 bits per heavy atom. The second-order valence-corrected chi connectivity index (χ2v) is 6.03. The summed E-state index contributed by atoms with van der Waals surface area (Å²) in [6.07, 6.45) is 1.43. The Morgan fingerprint density at radius 2 is 2.00 bits per heavy atom. The minimum Gasteiger partial charge on any atom is -0.374 e. The lowest BCUT2D eigenvalue weighted by atomic mass is 10.2. The van der Waals surface area contributed by atoms with E-state index in [9.17, 15) is 14.0 Å². The summed E-state index contributed by atoms with van der Waals surface area (Å²) < 4.78 is 13.6. The molecular weight excluding hydrogens is 321 g/mol. The quantitative estimate of drug-likeness (QED) is 0.876. The van der Waals surface area contributed by atoms with Crippen molar-refractivity contribution in [3.8, 4) is 0 Å². The maximum atomic E-state index is 13.6. The number of rotatable bonds is 5. The third-order valence-corrected chi connectivity index (χ3v) is 4.14. The van der Waals surface area contributed by atoms with Crippen molar-refractivity contribution in [2.75, 3.05) is 22.1 Å². The molecule has 2 amide bonds. The summed E-state index contributed by atoms with van der Waals surface area (Å²) in [5.41, 5.74) is 1.69. The van der Waals surface area contributed by atoms with Crippen LogP contribution in [0.3, 0.4) is 0 Å². The van der Waals surface area contributed by atoms with Crippen molar-refractivity contribution in [3.05, 3.63) is 54.3 Å². The number of benzene rings is 2. The predicted octanol–water partition coefficient (Wildman–Crippen LogP) is 3.39. The van der Waals surface area contributed by atoms with E-state index in [0.717, 1.165) is 17.8 Å². The molecule has 0 aliphatic carbocycles. The third kappa shape index (κ3) is 3.96. The van der Waals surface area contributed by atoms with E-state index < -0.39 is 11.9 Å². The van der Waals surface area contributed by atoms with Crippen LogP contribution in [0.1, 0.15) is 19.8 Å². The molecule has 0 spiro atoms. The van der Waals surface area contributed by atoms with E-state index in [1.165, 1.54) is 12.1 Å². The van der Waals surface area contributed by atoms with E-state index in [1.54, 1.807) is 24.0 Å². The number of nitrogens with zero attached hydrogens (tertiary/aromatic N) is 1. The lowest BCUT2D eigenvalue weighted by Crippen LogP contribution is -2.32. The van der Waals surface area contributed by atoms with Gasteiger partial charge in [-0.1, -0.05) is 18.2 Å². The Kier molecular flexibility index (Phi) is 4.97. The molecule has 0 bridgehead atoms. The molecule has 0 aromatic heterocycles. The highest BCUT2D eigenvalue weighted by atomic mass is 19.1. The molecule has 1 aliphatic heterocycles. The van der Waals surface area contributed by atoms with E-state index in [1.807, 2.05) is 24.3 Å². The molecule has 1 fully saturated rings. The molecule has 25 heavy (non-hydrogen) atoms. The van der Waals surface area contributed by atoms with Gasteiger partial charge in [0.1, 0.15) is 11.9 Å². The van der Waals surface area contributed by atoms with Gasteiger partial charge in [-0.05, 0) is 43.7 Å². The van der Waals surface area contributed by atoms with Crippen LogP contribution in [-0.2, 0) is 9.59 Å². The van der Waals surface area contributed by atoms with Gasteiger partial charge >= 0.3 is 0 Å². The van der Waals surface area contributed by atoms with Crippen LogP contribution in [0.15, 0.2) is 48.5 Å². The summed E-state index contributed by atoms with van der Waals surface area (Å²) in [4.78, 5) is 25.9. The number of hydrogen-bond donors (Lipinski definition) is 2. The molecule has 3 rings (SSSR count). The van der Waals surface area contributed by atoms with E-state index in [0.29, 0.717) is 13.0 Å². The van der Waals surface area contributed by atoms with Crippen LogP contribution in [-0.4, -0.2) is 24.4 Å². The average Bonchev–Trinajstić information content (AvgIpc) is 3.03. The van der Waals surface area contributed by atoms with E-state index in [4.69, 9.17) is 0 Å². The third-order valence-electron chi connectivity index (χ3n) is 4.14. The topological polar surface area (TPSA) is 61.4 Å². The Bertz CT molecular complexity index is 794. The van der Waals surface area contributed by atoms with E-state index >= 15 is 0 Å². The van der Waals surface area contributed by atoms with Crippen molar-refractivity contribution in [1.29, 1.82) is 0 Å². The zero-order chi connectivity index (χ0) is 17.8. The minimum absolute atomic E-state index is 0.113. The summed E-state index contributed by atoms with van der Waals surface area (Å²) in [6, 6.07) is 12.9. The molecule has 0 radical (unpaired) electrons. The van der Waals surface area contributed by atoms with Crippen molar-refractivity contribution in [1.82, 2.24) is 0 Å². The molecule has 1 aliphatic rings. The lowest BCUT2D eigenvalue weighted by molar-refractivity contribution is -0.117. The van der Waals surface area contributed by atoms with Gasteiger partial charge in [0.25, 0.3) is 0 Å². The SMILES string of the molecule is C[C@H](Nc1cccc(N2CCCC2=O)c1)C(=O)Nc1ccccc1F. The monoisotopic (exact) mass is 341 g/mol. The predicted molar refractivity (Wildman–Crippen MR) is 96.1 cm³/mol. The van der Waals surface area contributed by atoms with Gasteiger partial charge < -0.3 is 15.5 Å². The van der Waals surface area contributed by atoms with Crippen molar-refractivity contribution < 1.29 is 14.0 Å². The first-order valence-electron chi connectivity index (χ1n) is 8.27. The van der Waals surface area contributed by atoms with Gasteiger partial charge in [0.15, 0.2) is 0 Å². The Labute approximate surface area is 145 Å². The normalized spacial score (nSPS) is 15.1. The molecule has 130 valence electrons. The van der Waals surface area contributed by atoms with Crippen LogP contribution in [0.2, 0.25) is 0 Å². The van der Waals surface area contributed by atoms with E-state index in [2.05, 4.69) is 10.6 Å². The maximum Gasteiger partial charge on any atom is 0.246 e. The number of halogens is 1. The second-order valence-electron chi connectivity index (χ2n) is 6.03. The van der Waals surface area contributed by atoms with Crippen molar-refractivity contribution in [2.45, 2.75) is 25.8 Å². The van der Waals surface area contributed by atoms with Gasteiger partial charge in [-0.25, -0.2) is 4.39 Å². The molecule has 6 heteroatoms. The van der Waals surface area contributed by atoms with Gasteiger partial charge in [-0.3, -0.25) is 9.59 Å². The summed E-state index contributed by atoms with van der Waals surface area (Å²) in [7, 11) is 0. The van der Waals surface area contributed by atoms with Gasteiger partial charge in [0.2, 0.25) is 11.8 Å².